The van der Waals surface area contributed by atoms with Gasteiger partial charge < -0.3 is 9.32 Å². The second-order valence-corrected chi connectivity index (χ2v) is 6.80. The van der Waals surface area contributed by atoms with Gasteiger partial charge in [0.05, 0.1) is 0 Å². The fraction of sp³-hybridized carbons (Fsp3) is 0.227. The molecule has 0 aliphatic carbocycles. The van der Waals surface area contributed by atoms with Crippen molar-refractivity contribution in [2.24, 2.45) is 0 Å². The highest BCUT2D eigenvalue weighted by molar-refractivity contribution is 5.92. The third kappa shape index (κ3) is 3.77. The summed E-state index contributed by atoms with van der Waals surface area (Å²) < 4.78 is 32.2. The normalized spacial score (nSPS) is 16.7. The van der Waals surface area contributed by atoms with E-state index < -0.39 is 0 Å². The van der Waals surface area contributed by atoms with Crippen LogP contribution in [-0.2, 0) is 6.42 Å². The van der Waals surface area contributed by atoms with Crippen LogP contribution in [0.25, 0.3) is 11.3 Å². The minimum atomic E-state index is -0.320. The first-order valence-corrected chi connectivity index (χ1v) is 9.01. The summed E-state index contributed by atoms with van der Waals surface area (Å²) in [4.78, 5) is 14.7. The molecule has 1 aromatic heterocycles. The van der Waals surface area contributed by atoms with Crippen molar-refractivity contribution < 1.29 is 18.0 Å². The molecule has 1 aliphatic rings. The Balaban J connectivity index is 1.50. The van der Waals surface area contributed by atoms with E-state index in [9.17, 15) is 13.6 Å². The Morgan fingerprint density at radius 1 is 1.04 bits per heavy atom. The monoisotopic (exact) mass is 367 g/mol. The molecule has 0 N–H and O–H groups in total. The Kier molecular flexibility index (Phi) is 4.75. The zero-order valence-electron chi connectivity index (χ0n) is 14.7. The van der Waals surface area contributed by atoms with Gasteiger partial charge in [-0.1, -0.05) is 12.1 Å². The number of amides is 1. The maximum absolute atomic E-state index is 13.4. The first-order valence-electron chi connectivity index (χ1n) is 9.01. The molecule has 1 fully saturated rings. The maximum atomic E-state index is 13.4. The summed E-state index contributed by atoms with van der Waals surface area (Å²) in [7, 11) is 0. The standard InChI is InChI=1S/C22H19F2NO2/c23-17-8-6-16(7-9-17)20-10-11-21(27-20)22(26)25-12-2-5-19(25)14-15-3-1-4-18(24)13-15/h1,3-4,6-11,13,19H,2,5,12,14H2. The zero-order chi connectivity index (χ0) is 18.8. The fourth-order valence-electron chi connectivity index (χ4n) is 3.61. The van der Waals surface area contributed by atoms with E-state index in [-0.39, 0.29) is 29.3 Å². The van der Waals surface area contributed by atoms with Crippen LogP contribution in [0.5, 0.6) is 0 Å². The van der Waals surface area contributed by atoms with Crippen molar-refractivity contribution in [2.75, 3.05) is 6.54 Å². The summed E-state index contributed by atoms with van der Waals surface area (Å²) in [5.41, 5.74) is 1.60. The fourth-order valence-corrected chi connectivity index (χ4v) is 3.61. The van der Waals surface area contributed by atoms with Crippen LogP contribution < -0.4 is 0 Å². The molecule has 1 amide bonds. The Bertz CT molecular complexity index is 949. The predicted octanol–water partition coefficient (Wildman–Crippen LogP) is 5.07. The van der Waals surface area contributed by atoms with E-state index in [0.717, 1.165) is 18.4 Å². The molecule has 0 spiro atoms. The van der Waals surface area contributed by atoms with E-state index in [2.05, 4.69) is 0 Å². The van der Waals surface area contributed by atoms with Gasteiger partial charge in [-0.25, -0.2) is 8.78 Å². The second-order valence-electron chi connectivity index (χ2n) is 6.80. The molecule has 0 bridgehead atoms. The van der Waals surface area contributed by atoms with Crippen molar-refractivity contribution >= 4 is 5.91 Å². The maximum Gasteiger partial charge on any atom is 0.289 e. The molecule has 1 saturated heterocycles. The van der Waals surface area contributed by atoms with Gasteiger partial charge in [0.2, 0.25) is 0 Å². The molecule has 1 unspecified atom stereocenters. The lowest BCUT2D eigenvalue weighted by atomic mass is 10.0. The molecule has 2 heterocycles. The van der Waals surface area contributed by atoms with Gasteiger partial charge in [0.15, 0.2) is 5.76 Å². The third-order valence-electron chi connectivity index (χ3n) is 4.94. The highest BCUT2D eigenvalue weighted by Crippen LogP contribution is 2.27. The van der Waals surface area contributed by atoms with Gasteiger partial charge in [-0.3, -0.25) is 4.79 Å². The first kappa shape index (κ1) is 17.5. The molecule has 27 heavy (non-hydrogen) atoms. The number of benzene rings is 2. The number of nitrogens with zero attached hydrogens (tertiary/aromatic N) is 1. The molecule has 5 heteroatoms. The Hall–Kier alpha value is -2.95. The number of carbonyl (C=O) groups is 1. The molecule has 1 atom stereocenters. The summed E-state index contributed by atoms with van der Waals surface area (Å²) in [6, 6.07) is 15.8. The molecule has 2 aromatic carbocycles. The number of hydrogen-bond acceptors (Lipinski definition) is 2. The number of halogens is 2. The van der Waals surface area contributed by atoms with Crippen LogP contribution in [0.15, 0.2) is 65.1 Å². The van der Waals surface area contributed by atoms with Crippen LogP contribution in [0.4, 0.5) is 8.78 Å². The number of carbonyl (C=O) groups excluding carboxylic acids is 1. The van der Waals surface area contributed by atoms with E-state index in [0.29, 0.717) is 24.3 Å². The number of rotatable bonds is 4. The number of hydrogen-bond donors (Lipinski definition) is 0. The minimum Gasteiger partial charge on any atom is -0.451 e. The van der Waals surface area contributed by atoms with Crippen LogP contribution in [0.2, 0.25) is 0 Å². The molecule has 1 aliphatic heterocycles. The number of furan rings is 1. The summed E-state index contributed by atoms with van der Waals surface area (Å²) in [6.07, 6.45) is 2.42. The van der Waals surface area contributed by atoms with Gasteiger partial charge in [0.25, 0.3) is 5.91 Å². The SMILES string of the molecule is O=C(c1ccc(-c2ccc(F)cc2)o1)N1CCCC1Cc1cccc(F)c1. The van der Waals surface area contributed by atoms with Gasteiger partial charge in [-0.05, 0) is 73.4 Å². The number of likely N-dealkylation sites (tertiary alicyclic amines) is 1. The lowest BCUT2D eigenvalue weighted by Crippen LogP contribution is -2.36. The summed E-state index contributed by atoms with van der Waals surface area (Å²) in [5, 5.41) is 0. The minimum absolute atomic E-state index is 0.0265. The quantitative estimate of drug-likeness (QED) is 0.645. The summed E-state index contributed by atoms with van der Waals surface area (Å²) in [5.74, 6) is 0.0409. The largest absolute Gasteiger partial charge is 0.451 e. The molecule has 0 radical (unpaired) electrons. The second kappa shape index (κ2) is 7.35. The van der Waals surface area contributed by atoms with E-state index in [1.54, 1.807) is 35.2 Å². The lowest BCUT2D eigenvalue weighted by molar-refractivity contribution is 0.0705. The van der Waals surface area contributed by atoms with Crippen molar-refractivity contribution in [1.82, 2.24) is 4.90 Å². The average Bonchev–Trinajstić information content (AvgIpc) is 3.32. The molecule has 3 nitrogen and oxygen atoms in total. The van der Waals surface area contributed by atoms with Crippen LogP contribution in [-0.4, -0.2) is 23.4 Å². The third-order valence-corrected chi connectivity index (χ3v) is 4.94. The van der Waals surface area contributed by atoms with Crippen molar-refractivity contribution in [2.45, 2.75) is 25.3 Å². The molecular weight excluding hydrogens is 348 g/mol. The van der Waals surface area contributed by atoms with Gasteiger partial charge in [-0.15, -0.1) is 0 Å². The van der Waals surface area contributed by atoms with E-state index in [1.807, 2.05) is 6.07 Å². The van der Waals surface area contributed by atoms with Crippen molar-refractivity contribution in [1.29, 1.82) is 0 Å². The summed E-state index contributed by atoms with van der Waals surface area (Å²) >= 11 is 0. The highest BCUT2D eigenvalue weighted by Gasteiger charge is 2.31. The lowest BCUT2D eigenvalue weighted by Gasteiger charge is -2.24. The van der Waals surface area contributed by atoms with Gasteiger partial charge >= 0.3 is 0 Å². The van der Waals surface area contributed by atoms with Crippen molar-refractivity contribution in [3.8, 4) is 11.3 Å². The Morgan fingerprint density at radius 3 is 2.63 bits per heavy atom. The van der Waals surface area contributed by atoms with Gasteiger partial charge in [0, 0.05) is 18.2 Å². The van der Waals surface area contributed by atoms with E-state index in [4.69, 9.17) is 4.42 Å². The highest BCUT2D eigenvalue weighted by atomic mass is 19.1. The predicted molar refractivity (Wildman–Crippen MR) is 98.3 cm³/mol. The Morgan fingerprint density at radius 2 is 1.85 bits per heavy atom. The van der Waals surface area contributed by atoms with Crippen LogP contribution in [0.3, 0.4) is 0 Å². The van der Waals surface area contributed by atoms with E-state index >= 15 is 0 Å². The first-order chi connectivity index (χ1) is 13.1. The molecule has 0 saturated carbocycles. The van der Waals surface area contributed by atoms with Crippen molar-refractivity contribution in [3.63, 3.8) is 0 Å². The van der Waals surface area contributed by atoms with Crippen LogP contribution in [0, 0.1) is 11.6 Å². The smallest absolute Gasteiger partial charge is 0.289 e. The molecule has 138 valence electrons. The summed E-state index contributed by atoms with van der Waals surface area (Å²) in [6.45, 7) is 0.658. The van der Waals surface area contributed by atoms with Crippen molar-refractivity contribution in [3.05, 3.63) is 83.6 Å². The van der Waals surface area contributed by atoms with Gasteiger partial charge in [0.1, 0.15) is 17.4 Å². The van der Waals surface area contributed by atoms with Gasteiger partial charge in [-0.2, -0.15) is 0 Å². The zero-order valence-corrected chi connectivity index (χ0v) is 14.7. The van der Waals surface area contributed by atoms with Crippen LogP contribution >= 0.6 is 0 Å². The van der Waals surface area contributed by atoms with Crippen LogP contribution in [0.1, 0.15) is 29.0 Å². The molecule has 4 rings (SSSR count). The topological polar surface area (TPSA) is 33.5 Å². The Labute approximate surface area is 156 Å². The molecular formula is C22H19F2NO2. The average molecular weight is 367 g/mol. The van der Waals surface area contributed by atoms with E-state index in [1.165, 1.54) is 24.3 Å². The molecule has 3 aromatic rings.